The van der Waals surface area contributed by atoms with Crippen molar-refractivity contribution in [3.63, 3.8) is 0 Å². The molecule has 0 aliphatic carbocycles. The first kappa shape index (κ1) is 17.7. The Morgan fingerprint density at radius 3 is 2.80 bits per heavy atom. The fourth-order valence-electron chi connectivity index (χ4n) is 3.72. The minimum Gasteiger partial charge on any atom is -0.361 e. The van der Waals surface area contributed by atoms with Crippen LogP contribution in [0.5, 0.6) is 0 Å². The Hall–Kier alpha value is -2.14. The van der Waals surface area contributed by atoms with Gasteiger partial charge in [-0.2, -0.15) is 0 Å². The summed E-state index contributed by atoms with van der Waals surface area (Å²) in [4.78, 5) is 15.1. The molecule has 1 amide bonds. The summed E-state index contributed by atoms with van der Waals surface area (Å²) in [5.41, 5.74) is 3.03. The number of carbonyl (C=O) groups excluding carboxylic acids is 1. The van der Waals surface area contributed by atoms with Crippen LogP contribution in [0.3, 0.4) is 0 Å². The van der Waals surface area contributed by atoms with Crippen LogP contribution in [-0.2, 0) is 11.3 Å². The second-order valence-electron chi connectivity index (χ2n) is 7.03. The third kappa shape index (κ3) is 4.28. The first-order valence-electron chi connectivity index (χ1n) is 9.04. The minimum absolute atomic E-state index is 0.0564. The molecule has 1 N–H and O–H groups in total. The molecule has 0 saturated carbocycles. The summed E-state index contributed by atoms with van der Waals surface area (Å²) in [6.45, 7) is 8.59. The van der Waals surface area contributed by atoms with Crippen molar-refractivity contribution in [1.29, 1.82) is 0 Å². The molecular formula is C20H27N3O2. The molecule has 2 atom stereocenters. The van der Waals surface area contributed by atoms with Crippen molar-refractivity contribution in [2.45, 2.75) is 52.1 Å². The topological polar surface area (TPSA) is 58.4 Å². The molecule has 1 aromatic heterocycles. The lowest BCUT2D eigenvalue weighted by molar-refractivity contribution is -0.123. The summed E-state index contributed by atoms with van der Waals surface area (Å²) in [5, 5.41) is 7.19. The number of benzene rings is 1. The van der Waals surface area contributed by atoms with Gasteiger partial charge in [0, 0.05) is 24.7 Å². The van der Waals surface area contributed by atoms with Gasteiger partial charge in [-0.1, -0.05) is 35.5 Å². The number of amides is 1. The molecule has 1 aliphatic rings. The van der Waals surface area contributed by atoms with Crippen LogP contribution in [0.15, 0.2) is 34.9 Å². The van der Waals surface area contributed by atoms with Gasteiger partial charge in [-0.3, -0.25) is 9.69 Å². The maximum atomic E-state index is 12.7. The van der Waals surface area contributed by atoms with E-state index < -0.39 is 0 Å². The zero-order valence-corrected chi connectivity index (χ0v) is 15.3. The molecule has 1 aromatic carbocycles. The Morgan fingerprint density at radius 2 is 2.12 bits per heavy atom. The zero-order chi connectivity index (χ0) is 17.8. The highest BCUT2D eigenvalue weighted by Gasteiger charge is 2.27. The number of piperidine rings is 1. The average Bonchev–Trinajstić information content (AvgIpc) is 2.94. The second-order valence-corrected chi connectivity index (χ2v) is 7.03. The number of hydrogen-bond donors (Lipinski definition) is 1. The van der Waals surface area contributed by atoms with Crippen molar-refractivity contribution in [3.8, 4) is 0 Å². The fraction of sp³-hybridized carbons (Fsp3) is 0.500. The van der Waals surface area contributed by atoms with E-state index in [0.717, 1.165) is 49.5 Å². The third-order valence-electron chi connectivity index (χ3n) is 5.02. The highest BCUT2D eigenvalue weighted by molar-refractivity contribution is 5.84. The van der Waals surface area contributed by atoms with Gasteiger partial charge >= 0.3 is 0 Å². The molecule has 0 bridgehead atoms. The molecule has 0 spiro atoms. The van der Waals surface area contributed by atoms with Crippen LogP contribution in [-0.4, -0.2) is 35.1 Å². The summed E-state index contributed by atoms with van der Waals surface area (Å²) in [5.74, 6) is 0.547. The Kier molecular flexibility index (Phi) is 5.53. The number of nitrogens with zero attached hydrogens (tertiary/aromatic N) is 2. The fourth-order valence-corrected chi connectivity index (χ4v) is 3.72. The number of rotatable bonds is 5. The normalized spacial score (nSPS) is 19.6. The lowest BCUT2D eigenvalue weighted by Gasteiger charge is -2.33. The number of nitrogens with one attached hydrogen (secondary N) is 1. The minimum atomic E-state index is -0.240. The lowest BCUT2D eigenvalue weighted by Crippen LogP contribution is -2.48. The van der Waals surface area contributed by atoms with Crippen molar-refractivity contribution in [2.24, 2.45) is 0 Å². The first-order valence-corrected chi connectivity index (χ1v) is 9.04. The molecular weight excluding hydrogens is 314 g/mol. The molecule has 1 saturated heterocycles. The van der Waals surface area contributed by atoms with Gasteiger partial charge in [0.05, 0.1) is 11.6 Å². The number of carbonyl (C=O) groups is 1. The summed E-state index contributed by atoms with van der Waals surface area (Å²) >= 11 is 0. The van der Waals surface area contributed by atoms with Crippen LogP contribution in [0, 0.1) is 13.8 Å². The Bertz CT molecular complexity index is 691. The zero-order valence-electron chi connectivity index (χ0n) is 15.3. The van der Waals surface area contributed by atoms with E-state index in [1.807, 2.05) is 26.8 Å². The molecule has 1 fully saturated rings. The van der Waals surface area contributed by atoms with Gasteiger partial charge in [-0.15, -0.1) is 0 Å². The van der Waals surface area contributed by atoms with Crippen LogP contribution >= 0.6 is 0 Å². The van der Waals surface area contributed by atoms with Crippen LogP contribution in [0.2, 0.25) is 0 Å². The maximum Gasteiger partial charge on any atom is 0.227 e. The smallest absolute Gasteiger partial charge is 0.227 e. The van der Waals surface area contributed by atoms with E-state index in [0.29, 0.717) is 0 Å². The first-order chi connectivity index (χ1) is 12.0. The molecule has 134 valence electrons. The standard InChI is InChI=1S/C20H27N3O2/c1-14(19-15(2)22-25-16(19)3)20(24)21-18-10-7-11-23(13-18)12-17-8-5-4-6-9-17/h4-6,8-9,14,18H,7,10-13H2,1-3H3,(H,21,24). The molecule has 5 heteroatoms. The van der Waals surface area contributed by atoms with Gasteiger partial charge in [-0.25, -0.2) is 0 Å². The van der Waals surface area contributed by atoms with E-state index in [4.69, 9.17) is 4.52 Å². The summed E-state index contributed by atoms with van der Waals surface area (Å²) < 4.78 is 5.20. The predicted octanol–water partition coefficient (Wildman–Crippen LogP) is 3.18. The van der Waals surface area contributed by atoms with Gasteiger partial charge in [-0.05, 0) is 45.7 Å². The average molecular weight is 341 g/mol. The van der Waals surface area contributed by atoms with E-state index in [-0.39, 0.29) is 17.9 Å². The van der Waals surface area contributed by atoms with Crippen LogP contribution in [0.25, 0.3) is 0 Å². The summed E-state index contributed by atoms with van der Waals surface area (Å²) in [7, 11) is 0. The molecule has 3 rings (SSSR count). The number of aromatic nitrogens is 1. The highest BCUT2D eigenvalue weighted by Crippen LogP contribution is 2.24. The van der Waals surface area contributed by atoms with E-state index in [1.54, 1.807) is 0 Å². The molecule has 2 heterocycles. The molecule has 0 radical (unpaired) electrons. The molecule has 5 nitrogen and oxygen atoms in total. The Morgan fingerprint density at radius 1 is 1.36 bits per heavy atom. The van der Waals surface area contributed by atoms with Crippen LogP contribution in [0.4, 0.5) is 0 Å². The lowest BCUT2D eigenvalue weighted by atomic mass is 9.97. The van der Waals surface area contributed by atoms with E-state index >= 15 is 0 Å². The van der Waals surface area contributed by atoms with Crippen molar-refractivity contribution < 1.29 is 9.32 Å². The second kappa shape index (κ2) is 7.83. The number of likely N-dealkylation sites (tertiary alicyclic amines) is 1. The van der Waals surface area contributed by atoms with Crippen LogP contribution in [0.1, 0.15) is 48.3 Å². The Balaban J connectivity index is 1.58. The number of aryl methyl sites for hydroxylation is 2. The molecule has 2 aromatic rings. The molecule has 2 unspecified atom stereocenters. The van der Waals surface area contributed by atoms with Gasteiger partial charge in [0.2, 0.25) is 5.91 Å². The van der Waals surface area contributed by atoms with Crippen molar-refractivity contribution >= 4 is 5.91 Å². The predicted molar refractivity (Wildman–Crippen MR) is 97.3 cm³/mol. The third-order valence-corrected chi connectivity index (χ3v) is 5.02. The van der Waals surface area contributed by atoms with Gasteiger partial charge in [0.15, 0.2) is 0 Å². The maximum absolute atomic E-state index is 12.7. The quantitative estimate of drug-likeness (QED) is 0.907. The SMILES string of the molecule is Cc1noc(C)c1C(C)C(=O)NC1CCCN(Cc2ccccc2)C1. The molecule has 25 heavy (non-hydrogen) atoms. The monoisotopic (exact) mass is 341 g/mol. The Labute approximate surface area is 149 Å². The summed E-state index contributed by atoms with van der Waals surface area (Å²) in [6.07, 6.45) is 2.14. The molecule has 1 aliphatic heterocycles. The highest BCUT2D eigenvalue weighted by atomic mass is 16.5. The number of hydrogen-bond acceptors (Lipinski definition) is 4. The largest absolute Gasteiger partial charge is 0.361 e. The van der Waals surface area contributed by atoms with Crippen molar-refractivity contribution in [1.82, 2.24) is 15.4 Å². The van der Waals surface area contributed by atoms with E-state index in [1.165, 1.54) is 5.56 Å². The van der Waals surface area contributed by atoms with Gasteiger partial charge in [0.25, 0.3) is 0 Å². The van der Waals surface area contributed by atoms with Crippen molar-refractivity contribution in [3.05, 3.63) is 52.9 Å². The summed E-state index contributed by atoms with van der Waals surface area (Å²) in [6, 6.07) is 10.7. The van der Waals surface area contributed by atoms with Gasteiger partial charge < -0.3 is 9.84 Å². The van der Waals surface area contributed by atoms with E-state index in [2.05, 4.69) is 39.6 Å². The van der Waals surface area contributed by atoms with Crippen molar-refractivity contribution in [2.75, 3.05) is 13.1 Å². The van der Waals surface area contributed by atoms with E-state index in [9.17, 15) is 4.79 Å². The van der Waals surface area contributed by atoms with Gasteiger partial charge in [0.1, 0.15) is 5.76 Å². The van der Waals surface area contributed by atoms with Crippen LogP contribution < -0.4 is 5.32 Å².